The van der Waals surface area contributed by atoms with E-state index < -0.39 is 0 Å². The average molecular weight is 299 g/mol. The first-order valence-electron chi connectivity index (χ1n) is 6.11. The molecule has 1 saturated heterocycles. The number of hydrogen-bond donors (Lipinski definition) is 1. The van der Waals surface area contributed by atoms with Crippen LogP contribution in [0, 0.1) is 11.8 Å². The van der Waals surface area contributed by atoms with E-state index in [1.165, 1.54) is 12.8 Å². The van der Waals surface area contributed by atoms with E-state index in [4.69, 9.17) is 5.73 Å². The van der Waals surface area contributed by atoms with Crippen molar-refractivity contribution < 1.29 is 0 Å². The van der Waals surface area contributed by atoms with E-state index >= 15 is 0 Å². The molecule has 0 amide bonds. The van der Waals surface area contributed by atoms with Crippen molar-refractivity contribution >= 4 is 27.7 Å². The average Bonchev–Trinajstić information content (AvgIpc) is 2.32. The third kappa shape index (κ3) is 2.89. The van der Waals surface area contributed by atoms with Crippen LogP contribution in [0.3, 0.4) is 0 Å². The summed E-state index contributed by atoms with van der Waals surface area (Å²) < 4.78 is 0.926. The number of nitrogen functional groups attached to an aromatic ring is 1. The zero-order valence-corrected chi connectivity index (χ0v) is 11.9. The van der Waals surface area contributed by atoms with Crippen LogP contribution in [-0.4, -0.2) is 23.1 Å². The van der Waals surface area contributed by atoms with Gasteiger partial charge in [-0.05, 0) is 40.6 Å². The highest BCUT2D eigenvalue weighted by atomic mass is 79.9. The molecule has 94 valence electrons. The van der Waals surface area contributed by atoms with Crippen LogP contribution in [0.2, 0.25) is 0 Å². The number of nitrogens with two attached hydrogens (primary N) is 1. The van der Waals surface area contributed by atoms with Gasteiger partial charge in [-0.15, -0.1) is 0 Å². The highest BCUT2D eigenvalue weighted by Gasteiger charge is 2.23. The monoisotopic (exact) mass is 298 g/mol. The molecule has 17 heavy (non-hydrogen) atoms. The Hall–Kier alpha value is -0.840. The highest BCUT2D eigenvalue weighted by molar-refractivity contribution is 9.10. The van der Waals surface area contributed by atoms with Gasteiger partial charge in [-0.3, -0.25) is 0 Å². The second kappa shape index (κ2) is 5.21. The number of aromatic nitrogens is 2. The van der Waals surface area contributed by atoms with Crippen molar-refractivity contribution in [3.63, 3.8) is 0 Å². The van der Waals surface area contributed by atoms with E-state index in [9.17, 15) is 0 Å². The molecule has 0 aromatic carbocycles. The molecular formula is C12H19BrN4. The van der Waals surface area contributed by atoms with Gasteiger partial charge in [0.1, 0.15) is 5.82 Å². The second-order valence-corrected chi connectivity index (χ2v) is 5.82. The van der Waals surface area contributed by atoms with E-state index in [-0.39, 0.29) is 0 Å². The van der Waals surface area contributed by atoms with Crippen LogP contribution < -0.4 is 10.6 Å². The molecule has 2 heterocycles. The molecule has 1 aliphatic rings. The van der Waals surface area contributed by atoms with Crippen LogP contribution in [0.25, 0.3) is 0 Å². The maximum absolute atomic E-state index is 5.64. The Bertz CT molecular complexity index is 386. The van der Waals surface area contributed by atoms with Crippen molar-refractivity contribution in [2.24, 2.45) is 11.8 Å². The lowest BCUT2D eigenvalue weighted by Gasteiger charge is -2.34. The van der Waals surface area contributed by atoms with Gasteiger partial charge in [-0.25, -0.2) is 4.98 Å². The lowest BCUT2D eigenvalue weighted by molar-refractivity contribution is 0.310. The Kier molecular flexibility index (Phi) is 3.86. The van der Waals surface area contributed by atoms with Gasteiger partial charge in [-0.2, -0.15) is 4.98 Å². The van der Waals surface area contributed by atoms with Gasteiger partial charge in [0.25, 0.3) is 0 Å². The maximum Gasteiger partial charge on any atom is 0.222 e. The summed E-state index contributed by atoms with van der Waals surface area (Å²) in [7, 11) is 0. The predicted molar refractivity (Wildman–Crippen MR) is 73.9 cm³/mol. The molecule has 2 rings (SSSR count). The summed E-state index contributed by atoms with van der Waals surface area (Å²) in [5, 5.41) is 0. The second-order valence-electron chi connectivity index (χ2n) is 4.97. The van der Waals surface area contributed by atoms with E-state index in [2.05, 4.69) is 44.6 Å². The highest BCUT2D eigenvalue weighted by Crippen LogP contribution is 2.30. The zero-order valence-electron chi connectivity index (χ0n) is 10.4. The first kappa shape index (κ1) is 12.6. The third-order valence-electron chi connectivity index (χ3n) is 3.53. The van der Waals surface area contributed by atoms with Crippen LogP contribution in [0.4, 0.5) is 11.8 Å². The Balaban J connectivity index is 2.07. The molecule has 0 saturated carbocycles. The number of rotatable bonds is 2. The summed E-state index contributed by atoms with van der Waals surface area (Å²) in [6, 6.07) is 0. The normalized spacial score (nSPS) is 17.8. The van der Waals surface area contributed by atoms with E-state index in [1.54, 1.807) is 6.20 Å². The molecule has 0 aliphatic carbocycles. The number of hydrogen-bond acceptors (Lipinski definition) is 4. The predicted octanol–water partition coefficient (Wildman–Crippen LogP) is 2.69. The molecule has 0 radical (unpaired) electrons. The van der Waals surface area contributed by atoms with Crippen molar-refractivity contribution in [2.45, 2.75) is 26.7 Å². The van der Waals surface area contributed by atoms with Crippen molar-refractivity contribution in [1.29, 1.82) is 0 Å². The van der Waals surface area contributed by atoms with Crippen molar-refractivity contribution in [3.8, 4) is 0 Å². The molecule has 0 bridgehead atoms. The summed E-state index contributed by atoms with van der Waals surface area (Å²) in [4.78, 5) is 10.6. The lowest BCUT2D eigenvalue weighted by atomic mass is 9.87. The third-order valence-corrected chi connectivity index (χ3v) is 4.09. The summed E-state index contributed by atoms with van der Waals surface area (Å²) in [5.41, 5.74) is 5.64. The minimum Gasteiger partial charge on any atom is -0.368 e. The lowest BCUT2D eigenvalue weighted by Crippen LogP contribution is -2.36. The van der Waals surface area contributed by atoms with E-state index in [0.717, 1.165) is 35.2 Å². The molecule has 0 unspecified atom stereocenters. The quantitative estimate of drug-likeness (QED) is 0.912. The molecule has 1 aromatic heterocycles. The summed E-state index contributed by atoms with van der Waals surface area (Å²) in [5.74, 6) is 2.88. The SMILES string of the molecule is CC(C)C1CCN(c2nc(N)ncc2Br)CC1. The van der Waals surface area contributed by atoms with Gasteiger partial charge in [0.05, 0.1) is 4.47 Å². The van der Waals surface area contributed by atoms with Crippen LogP contribution >= 0.6 is 15.9 Å². The fourth-order valence-electron chi connectivity index (χ4n) is 2.37. The molecule has 2 N–H and O–H groups in total. The first-order valence-corrected chi connectivity index (χ1v) is 6.90. The molecule has 1 aromatic rings. The minimum atomic E-state index is 0.342. The Morgan fingerprint density at radius 2 is 2.06 bits per heavy atom. The minimum absolute atomic E-state index is 0.342. The summed E-state index contributed by atoms with van der Waals surface area (Å²) >= 11 is 3.49. The van der Waals surface area contributed by atoms with Gasteiger partial charge in [-0.1, -0.05) is 13.8 Å². The van der Waals surface area contributed by atoms with E-state index in [1.807, 2.05) is 0 Å². The van der Waals surface area contributed by atoms with Gasteiger partial charge < -0.3 is 10.6 Å². The molecule has 1 aliphatic heterocycles. The Morgan fingerprint density at radius 3 is 2.65 bits per heavy atom. The largest absolute Gasteiger partial charge is 0.368 e. The molecule has 1 fully saturated rings. The molecule has 5 heteroatoms. The molecular weight excluding hydrogens is 280 g/mol. The number of nitrogens with zero attached hydrogens (tertiary/aromatic N) is 3. The molecule has 0 atom stereocenters. The summed E-state index contributed by atoms with van der Waals surface area (Å²) in [6.07, 6.45) is 4.19. The van der Waals surface area contributed by atoms with Crippen LogP contribution in [-0.2, 0) is 0 Å². The fourth-order valence-corrected chi connectivity index (χ4v) is 2.81. The Morgan fingerprint density at radius 1 is 1.41 bits per heavy atom. The Labute approximate surface area is 111 Å². The smallest absolute Gasteiger partial charge is 0.222 e. The van der Waals surface area contributed by atoms with Crippen molar-refractivity contribution in [1.82, 2.24) is 9.97 Å². The maximum atomic E-state index is 5.64. The number of anilines is 2. The summed E-state index contributed by atoms with van der Waals surface area (Å²) in [6.45, 7) is 6.72. The van der Waals surface area contributed by atoms with Crippen molar-refractivity contribution in [2.75, 3.05) is 23.7 Å². The van der Waals surface area contributed by atoms with Crippen LogP contribution in [0.5, 0.6) is 0 Å². The van der Waals surface area contributed by atoms with Crippen molar-refractivity contribution in [3.05, 3.63) is 10.7 Å². The van der Waals surface area contributed by atoms with Gasteiger partial charge in [0, 0.05) is 19.3 Å². The van der Waals surface area contributed by atoms with E-state index in [0.29, 0.717) is 5.95 Å². The molecule has 0 spiro atoms. The zero-order chi connectivity index (χ0) is 12.4. The van der Waals surface area contributed by atoms with Gasteiger partial charge in [0.15, 0.2) is 0 Å². The standard InChI is InChI=1S/C12H19BrN4/c1-8(2)9-3-5-17(6-4-9)11-10(13)7-15-12(14)16-11/h7-9H,3-6H2,1-2H3,(H2,14,15,16). The molecule has 4 nitrogen and oxygen atoms in total. The fraction of sp³-hybridized carbons (Fsp3) is 0.667. The topological polar surface area (TPSA) is 55.0 Å². The number of piperidine rings is 1. The number of halogens is 1. The van der Waals surface area contributed by atoms with Crippen LogP contribution in [0.15, 0.2) is 10.7 Å². The van der Waals surface area contributed by atoms with Crippen LogP contribution in [0.1, 0.15) is 26.7 Å². The van der Waals surface area contributed by atoms with Gasteiger partial charge >= 0.3 is 0 Å². The van der Waals surface area contributed by atoms with Gasteiger partial charge in [0.2, 0.25) is 5.95 Å². The first-order chi connectivity index (χ1) is 8.08.